The van der Waals surface area contributed by atoms with E-state index >= 15 is 0 Å². The lowest BCUT2D eigenvalue weighted by molar-refractivity contribution is 0.140. The molecule has 3 aromatic rings. The third-order valence-electron chi connectivity index (χ3n) is 4.08. The van der Waals surface area contributed by atoms with E-state index in [1.807, 2.05) is 66.7 Å². The van der Waals surface area contributed by atoms with Gasteiger partial charge in [-0.25, -0.2) is 4.79 Å². The van der Waals surface area contributed by atoms with Crippen LogP contribution in [0.15, 0.2) is 72.8 Å². The molecule has 0 saturated heterocycles. The van der Waals surface area contributed by atoms with Gasteiger partial charge in [-0.3, -0.25) is 0 Å². The third kappa shape index (κ3) is 4.63. The van der Waals surface area contributed by atoms with Crippen LogP contribution < -0.4 is 11.1 Å². The average molecular weight is 346 g/mol. The molecule has 1 amide bonds. The lowest BCUT2D eigenvalue weighted by Crippen LogP contribution is -2.24. The molecule has 0 fully saturated rings. The summed E-state index contributed by atoms with van der Waals surface area (Å²) in [5, 5.41) is 4.93. The van der Waals surface area contributed by atoms with Crippen molar-refractivity contribution in [3.05, 3.63) is 83.9 Å². The summed E-state index contributed by atoms with van der Waals surface area (Å²) >= 11 is 0. The second kappa shape index (κ2) is 8.72. The number of nitrogens with one attached hydrogen (secondary N) is 1. The molecule has 0 heterocycles. The molecule has 0 aliphatic carbocycles. The quantitative estimate of drug-likeness (QED) is 0.500. The fourth-order valence-corrected chi connectivity index (χ4v) is 2.73. The number of nitrogen functional groups attached to an aromatic ring is 1. The summed E-state index contributed by atoms with van der Waals surface area (Å²) in [4.78, 5) is 11.7. The van der Waals surface area contributed by atoms with Gasteiger partial charge in [0.25, 0.3) is 0 Å². The second-order valence-electron chi connectivity index (χ2n) is 5.97. The summed E-state index contributed by atoms with van der Waals surface area (Å²) in [6.45, 7) is 0.803. The minimum absolute atomic E-state index is 0.278. The Hall–Kier alpha value is -3.27. The Morgan fingerprint density at radius 1 is 0.962 bits per heavy atom. The van der Waals surface area contributed by atoms with Crippen LogP contribution in [0.25, 0.3) is 16.8 Å². The van der Waals surface area contributed by atoms with Crippen LogP contribution in [0, 0.1) is 0 Å². The Morgan fingerprint density at radius 2 is 1.69 bits per heavy atom. The molecule has 0 radical (unpaired) electrons. The van der Waals surface area contributed by atoms with Gasteiger partial charge >= 0.3 is 6.09 Å². The minimum atomic E-state index is -0.403. The smallest absolute Gasteiger partial charge is 0.407 e. The highest BCUT2D eigenvalue weighted by Gasteiger charge is 2.02. The summed E-state index contributed by atoms with van der Waals surface area (Å²) < 4.78 is 5.18. The fraction of sp³-hybridized carbons (Fsp3) is 0.136. The van der Waals surface area contributed by atoms with Crippen LogP contribution in [-0.4, -0.2) is 12.6 Å². The maximum atomic E-state index is 11.7. The van der Waals surface area contributed by atoms with Crippen LogP contribution in [0.1, 0.15) is 17.5 Å². The van der Waals surface area contributed by atoms with E-state index < -0.39 is 6.09 Å². The number of amides is 1. The number of alkyl carbamates (subject to hydrolysis) is 1. The molecular weight excluding hydrogens is 324 g/mol. The first-order valence-electron chi connectivity index (χ1n) is 8.62. The van der Waals surface area contributed by atoms with Crippen molar-refractivity contribution >= 4 is 28.6 Å². The molecule has 0 spiro atoms. The highest BCUT2D eigenvalue weighted by Crippen LogP contribution is 2.25. The van der Waals surface area contributed by atoms with E-state index in [0.29, 0.717) is 6.54 Å². The van der Waals surface area contributed by atoms with Crippen LogP contribution in [0.3, 0.4) is 0 Å². The number of fused-ring (bicyclic) bond motifs is 1. The van der Waals surface area contributed by atoms with E-state index in [9.17, 15) is 4.79 Å². The molecule has 3 N–H and O–H groups in total. The third-order valence-corrected chi connectivity index (χ3v) is 4.08. The van der Waals surface area contributed by atoms with Gasteiger partial charge in [-0.05, 0) is 29.0 Å². The molecule has 0 aliphatic rings. The van der Waals surface area contributed by atoms with Crippen LogP contribution in [0.2, 0.25) is 0 Å². The number of rotatable bonds is 6. The van der Waals surface area contributed by atoms with E-state index in [-0.39, 0.29) is 6.61 Å². The molecule has 0 aromatic heterocycles. The van der Waals surface area contributed by atoms with E-state index in [2.05, 4.69) is 17.5 Å². The standard InChI is InChI=1S/C22H22N2O2/c23-21-14-13-18(19-11-4-5-12-20(19)21)10-6-7-15-24-22(25)26-16-17-8-2-1-3-9-17/h1-6,8-14H,7,15-16,23H2,(H,24,25). The molecule has 0 unspecified atom stereocenters. The van der Waals surface area contributed by atoms with Gasteiger partial charge in [0.05, 0.1) is 0 Å². The van der Waals surface area contributed by atoms with Crippen molar-refractivity contribution in [2.45, 2.75) is 13.0 Å². The molecule has 26 heavy (non-hydrogen) atoms. The zero-order valence-electron chi connectivity index (χ0n) is 14.5. The van der Waals surface area contributed by atoms with Gasteiger partial charge in [0.2, 0.25) is 0 Å². The first-order valence-corrected chi connectivity index (χ1v) is 8.62. The molecule has 3 aromatic carbocycles. The Morgan fingerprint density at radius 3 is 2.50 bits per heavy atom. The van der Waals surface area contributed by atoms with Gasteiger partial charge < -0.3 is 15.8 Å². The van der Waals surface area contributed by atoms with Crippen LogP contribution in [0.4, 0.5) is 10.5 Å². The predicted molar refractivity (Wildman–Crippen MR) is 107 cm³/mol. The zero-order valence-corrected chi connectivity index (χ0v) is 14.5. The summed E-state index contributed by atoms with van der Waals surface area (Å²) in [7, 11) is 0. The van der Waals surface area contributed by atoms with Gasteiger partial charge in [-0.15, -0.1) is 0 Å². The van der Waals surface area contributed by atoms with Gasteiger partial charge in [-0.2, -0.15) is 0 Å². The molecule has 0 aliphatic heterocycles. The number of carbonyl (C=O) groups excluding carboxylic acids is 1. The topological polar surface area (TPSA) is 64.3 Å². The lowest BCUT2D eigenvalue weighted by Gasteiger charge is -2.06. The maximum absolute atomic E-state index is 11.7. The van der Waals surface area contributed by atoms with Crippen LogP contribution in [-0.2, 0) is 11.3 Å². The maximum Gasteiger partial charge on any atom is 0.407 e. The summed E-state index contributed by atoms with van der Waals surface area (Å²) in [5.41, 5.74) is 8.88. The van der Waals surface area contributed by atoms with Crippen molar-refractivity contribution in [1.82, 2.24) is 5.32 Å². The number of ether oxygens (including phenoxy) is 1. The minimum Gasteiger partial charge on any atom is -0.445 e. The SMILES string of the molecule is Nc1ccc(C=CCCNC(=O)OCc2ccccc2)c2ccccc12. The van der Waals surface area contributed by atoms with Crippen molar-refractivity contribution in [3.8, 4) is 0 Å². The van der Waals surface area contributed by atoms with E-state index in [1.165, 1.54) is 0 Å². The number of hydrogen-bond acceptors (Lipinski definition) is 3. The van der Waals surface area contributed by atoms with Crippen molar-refractivity contribution in [3.63, 3.8) is 0 Å². The normalized spacial score (nSPS) is 10.9. The number of nitrogens with two attached hydrogens (primary N) is 1. The average Bonchev–Trinajstić information content (AvgIpc) is 2.69. The fourth-order valence-electron chi connectivity index (χ4n) is 2.73. The Kier molecular flexibility index (Phi) is 5.88. The number of benzene rings is 3. The number of anilines is 1. The van der Waals surface area contributed by atoms with Gasteiger partial charge in [-0.1, -0.05) is 72.8 Å². The molecule has 3 rings (SSSR count). The predicted octanol–water partition coefficient (Wildman–Crippen LogP) is 4.75. The number of hydrogen-bond donors (Lipinski definition) is 2. The van der Waals surface area contributed by atoms with Crippen molar-refractivity contribution in [2.75, 3.05) is 12.3 Å². The molecular formula is C22H22N2O2. The largest absolute Gasteiger partial charge is 0.445 e. The molecule has 4 heteroatoms. The first-order chi connectivity index (χ1) is 12.7. The summed E-state index contributed by atoms with van der Waals surface area (Å²) in [6.07, 6.45) is 4.41. The van der Waals surface area contributed by atoms with Crippen molar-refractivity contribution in [2.24, 2.45) is 0 Å². The second-order valence-corrected chi connectivity index (χ2v) is 5.97. The van der Waals surface area contributed by atoms with Crippen molar-refractivity contribution < 1.29 is 9.53 Å². The first kappa shape index (κ1) is 17.5. The van der Waals surface area contributed by atoms with E-state index in [4.69, 9.17) is 10.5 Å². The Labute approximate surface area is 153 Å². The summed E-state index contributed by atoms with van der Waals surface area (Å²) in [6, 6.07) is 21.6. The molecule has 0 saturated carbocycles. The molecule has 4 nitrogen and oxygen atoms in total. The van der Waals surface area contributed by atoms with Crippen molar-refractivity contribution in [1.29, 1.82) is 0 Å². The highest BCUT2D eigenvalue weighted by atomic mass is 16.5. The van der Waals surface area contributed by atoms with Gasteiger partial charge in [0.1, 0.15) is 6.61 Å². The molecule has 132 valence electrons. The number of carbonyl (C=O) groups is 1. The molecule has 0 atom stereocenters. The zero-order chi connectivity index (χ0) is 18.2. The van der Waals surface area contributed by atoms with E-state index in [0.717, 1.165) is 34.0 Å². The van der Waals surface area contributed by atoms with Gasteiger partial charge in [0, 0.05) is 17.6 Å². The molecule has 0 bridgehead atoms. The monoisotopic (exact) mass is 346 g/mol. The van der Waals surface area contributed by atoms with E-state index in [1.54, 1.807) is 0 Å². The summed E-state index contributed by atoms with van der Waals surface area (Å²) in [5.74, 6) is 0. The highest BCUT2D eigenvalue weighted by molar-refractivity contribution is 5.98. The van der Waals surface area contributed by atoms with Crippen LogP contribution >= 0.6 is 0 Å². The Bertz CT molecular complexity index is 904. The Balaban J connectivity index is 1.46. The van der Waals surface area contributed by atoms with Gasteiger partial charge in [0.15, 0.2) is 0 Å². The van der Waals surface area contributed by atoms with Crippen LogP contribution in [0.5, 0.6) is 0 Å². The lowest BCUT2D eigenvalue weighted by atomic mass is 10.0.